The first-order chi connectivity index (χ1) is 7.67. The molecule has 1 fully saturated rings. The largest absolute Gasteiger partial charge is 0.306 e. The Bertz CT molecular complexity index is 213. The molecule has 0 N–H and O–H groups in total. The van der Waals surface area contributed by atoms with Gasteiger partial charge in [-0.25, -0.2) is 0 Å². The van der Waals surface area contributed by atoms with Crippen molar-refractivity contribution in [2.75, 3.05) is 20.1 Å². The van der Waals surface area contributed by atoms with Crippen LogP contribution >= 0.6 is 0 Å². The van der Waals surface area contributed by atoms with Gasteiger partial charge in [-0.1, -0.05) is 26.7 Å². The summed E-state index contributed by atoms with van der Waals surface area (Å²) in [6.45, 7) is 6.53. The van der Waals surface area contributed by atoms with Crippen LogP contribution in [0, 0.1) is 11.8 Å². The van der Waals surface area contributed by atoms with Crippen molar-refractivity contribution in [3.8, 4) is 0 Å². The van der Waals surface area contributed by atoms with E-state index < -0.39 is 0 Å². The molecule has 0 bridgehead atoms. The van der Waals surface area contributed by atoms with E-state index in [0.717, 1.165) is 38.3 Å². The number of nitrogens with zero attached hydrogens (tertiary/aromatic N) is 1. The fraction of sp³-hybridized carbons (Fsp3) is 0.929. The Balaban J connectivity index is 2.40. The summed E-state index contributed by atoms with van der Waals surface area (Å²) in [4.78, 5) is 14.2. The number of rotatable bonds is 6. The van der Waals surface area contributed by atoms with Gasteiger partial charge >= 0.3 is 0 Å². The molecule has 0 heterocycles. The van der Waals surface area contributed by atoms with E-state index in [4.69, 9.17) is 0 Å². The maximum atomic E-state index is 11.9. The van der Waals surface area contributed by atoms with E-state index in [-0.39, 0.29) is 0 Å². The molecule has 94 valence electrons. The van der Waals surface area contributed by atoms with E-state index in [2.05, 4.69) is 25.8 Å². The van der Waals surface area contributed by atoms with Gasteiger partial charge in [0.1, 0.15) is 5.78 Å². The Morgan fingerprint density at radius 3 is 2.69 bits per heavy atom. The fourth-order valence-corrected chi connectivity index (χ4v) is 2.90. The third-order valence-electron chi connectivity index (χ3n) is 3.71. The smallest absolute Gasteiger partial charge is 0.137 e. The average Bonchev–Trinajstić information content (AvgIpc) is 2.24. The van der Waals surface area contributed by atoms with Gasteiger partial charge in [0, 0.05) is 18.9 Å². The van der Waals surface area contributed by atoms with Gasteiger partial charge in [-0.15, -0.1) is 0 Å². The van der Waals surface area contributed by atoms with Crippen LogP contribution in [0.2, 0.25) is 0 Å². The van der Waals surface area contributed by atoms with Crippen LogP contribution < -0.4 is 0 Å². The Morgan fingerprint density at radius 1 is 1.31 bits per heavy atom. The van der Waals surface area contributed by atoms with Crippen LogP contribution in [-0.4, -0.2) is 30.8 Å². The zero-order chi connectivity index (χ0) is 12.0. The Labute approximate surface area is 100 Å². The molecule has 2 heteroatoms. The molecule has 1 aliphatic rings. The summed E-state index contributed by atoms with van der Waals surface area (Å²) in [5.74, 6) is 1.64. The summed E-state index contributed by atoms with van der Waals surface area (Å²) in [6.07, 6.45) is 6.85. The molecule has 0 aliphatic heterocycles. The number of carbonyl (C=O) groups excluding carboxylic acids is 1. The van der Waals surface area contributed by atoms with Crippen LogP contribution in [-0.2, 0) is 4.79 Å². The zero-order valence-corrected chi connectivity index (χ0v) is 11.2. The van der Waals surface area contributed by atoms with Gasteiger partial charge < -0.3 is 4.90 Å². The highest BCUT2D eigenvalue weighted by Crippen LogP contribution is 2.30. The normalized spacial score (nSPS) is 26.4. The summed E-state index contributed by atoms with van der Waals surface area (Å²) in [5, 5.41) is 0. The van der Waals surface area contributed by atoms with Crippen molar-refractivity contribution in [1.29, 1.82) is 0 Å². The minimum absolute atomic E-state index is 0.321. The highest BCUT2D eigenvalue weighted by molar-refractivity contribution is 5.81. The molecular formula is C14H27NO. The third kappa shape index (κ3) is 4.25. The quantitative estimate of drug-likeness (QED) is 0.692. The third-order valence-corrected chi connectivity index (χ3v) is 3.71. The number of Topliss-reactive ketones (excluding diaryl/α,β-unsaturated/α-hetero) is 1. The van der Waals surface area contributed by atoms with E-state index in [9.17, 15) is 4.79 Å². The van der Waals surface area contributed by atoms with E-state index in [1.807, 2.05) is 0 Å². The van der Waals surface area contributed by atoms with Crippen LogP contribution in [0.15, 0.2) is 0 Å². The van der Waals surface area contributed by atoms with E-state index in [1.54, 1.807) is 0 Å². The first kappa shape index (κ1) is 13.7. The first-order valence-electron chi connectivity index (χ1n) is 6.88. The van der Waals surface area contributed by atoms with Crippen LogP contribution in [0.1, 0.15) is 52.4 Å². The van der Waals surface area contributed by atoms with Crippen molar-refractivity contribution in [1.82, 2.24) is 4.90 Å². The summed E-state index contributed by atoms with van der Waals surface area (Å²) >= 11 is 0. The summed E-state index contributed by atoms with van der Waals surface area (Å²) in [7, 11) is 2.14. The zero-order valence-electron chi connectivity index (χ0n) is 11.2. The maximum Gasteiger partial charge on any atom is 0.137 e. The highest BCUT2D eigenvalue weighted by atomic mass is 16.1. The van der Waals surface area contributed by atoms with Gasteiger partial charge in [0.15, 0.2) is 0 Å². The molecule has 16 heavy (non-hydrogen) atoms. The molecule has 1 saturated carbocycles. The summed E-state index contributed by atoms with van der Waals surface area (Å²) in [5.41, 5.74) is 0. The standard InChI is InChI=1S/C14H27NO/c1-4-6-12-7-8-14(16)13(10-12)11-15(3)9-5-2/h12-13H,4-11H2,1-3H3. The molecule has 0 saturated heterocycles. The Kier molecular flexibility index (Phi) is 6.04. The Hall–Kier alpha value is -0.370. The number of ketones is 1. The van der Waals surface area contributed by atoms with Crippen molar-refractivity contribution in [3.63, 3.8) is 0 Å². The van der Waals surface area contributed by atoms with Gasteiger partial charge in [-0.2, -0.15) is 0 Å². The molecule has 2 atom stereocenters. The van der Waals surface area contributed by atoms with Crippen molar-refractivity contribution in [2.24, 2.45) is 11.8 Å². The molecule has 0 amide bonds. The van der Waals surface area contributed by atoms with Gasteiger partial charge in [-0.3, -0.25) is 4.79 Å². The molecule has 0 aromatic rings. The second kappa shape index (κ2) is 7.05. The molecule has 0 spiro atoms. The monoisotopic (exact) mass is 225 g/mol. The lowest BCUT2D eigenvalue weighted by molar-refractivity contribution is -0.126. The minimum atomic E-state index is 0.321. The van der Waals surface area contributed by atoms with E-state index in [1.165, 1.54) is 19.3 Å². The van der Waals surface area contributed by atoms with Crippen molar-refractivity contribution in [2.45, 2.75) is 52.4 Å². The lowest BCUT2D eigenvalue weighted by Gasteiger charge is -2.30. The fourth-order valence-electron chi connectivity index (χ4n) is 2.90. The minimum Gasteiger partial charge on any atom is -0.306 e. The predicted octanol–water partition coefficient (Wildman–Crippen LogP) is 3.11. The van der Waals surface area contributed by atoms with E-state index >= 15 is 0 Å². The lowest BCUT2D eigenvalue weighted by Crippen LogP contribution is -2.35. The molecule has 1 aliphatic carbocycles. The highest BCUT2D eigenvalue weighted by Gasteiger charge is 2.28. The van der Waals surface area contributed by atoms with Gasteiger partial charge in [0.2, 0.25) is 0 Å². The predicted molar refractivity (Wildman–Crippen MR) is 68.5 cm³/mol. The SMILES string of the molecule is CCCC1CCC(=O)C(CN(C)CCC)C1. The second-order valence-corrected chi connectivity index (χ2v) is 5.35. The molecular weight excluding hydrogens is 198 g/mol. The number of hydrogen-bond donors (Lipinski definition) is 0. The average molecular weight is 225 g/mol. The molecule has 0 aromatic heterocycles. The molecule has 0 radical (unpaired) electrons. The Morgan fingerprint density at radius 2 is 2.06 bits per heavy atom. The van der Waals surface area contributed by atoms with E-state index in [0.29, 0.717) is 11.7 Å². The van der Waals surface area contributed by atoms with Crippen molar-refractivity contribution in [3.05, 3.63) is 0 Å². The van der Waals surface area contributed by atoms with Crippen molar-refractivity contribution >= 4 is 5.78 Å². The van der Waals surface area contributed by atoms with Crippen LogP contribution in [0.25, 0.3) is 0 Å². The number of hydrogen-bond acceptors (Lipinski definition) is 2. The summed E-state index contributed by atoms with van der Waals surface area (Å²) < 4.78 is 0. The molecule has 1 rings (SSSR count). The number of carbonyl (C=O) groups is 1. The molecule has 2 unspecified atom stereocenters. The molecule has 0 aromatic carbocycles. The van der Waals surface area contributed by atoms with Gasteiger partial charge in [-0.05, 0) is 38.8 Å². The van der Waals surface area contributed by atoms with Gasteiger partial charge in [0.25, 0.3) is 0 Å². The second-order valence-electron chi connectivity index (χ2n) is 5.35. The van der Waals surface area contributed by atoms with Gasteiger partial charge in [0.05, 0.1) is 0 Å². The van der Waals surface area contributed by atoms with Crippen molar-refractivity contribution < 1.29 is 4.79 Å². The van der Waals surface area contributed by atoms with Crippen LogP contribution in [0.5, 0.6) is 0 Å². The first-order valence-corrected chi connectivity index (χ1v) is 6.88. The van der Waals surface area contributed by atoms with Crippen LogP contribution in [0.3, 0.4) is 0 Å². The topological polar surface area (TPSA) is 20.3 Å². The van der Waals surface area contributed by atoms with Crippen LogP contribution in [0.4, 0.5) is 0 Å². The summed E-state index contributed by atoms with van der Waals surface area (Å²) in [6, 6.07) is 0. The maximum absolute atomic E-state index is 11.9. The molecule has 2 nitrogen and oxygen atoms in total. The lowest BCUT2D eigenvalue weighted by atomic mass is 9.78.